The molecule has 0 radical (unpaired) electrons. The molecule has 0 saturated heterocycles. The zero-order valence-corrected chi connectivity index (χ0v) is 8.29. The molecule has 0 bridgehead atoms. The van der Waals surface area contributed by atoms with Gasteiger partial charge in [-0.05, 0) is 11.1 Å². The van der Waals surface area contributed by atoms with E-state index in [1.165, 1.54) is 0 Å². The molecule has 0 N–H and O–H groups in total. The van der Waals surface area contributed by atoms with E-state index >= 15 is 0 Å². The predicted octanol–water partition coefficient (Wildman–Crippen LogP) is 2.92. The summed E-state index contributed by atoms with van der Waals surface area (Å²) in [5.41, 5.74) is 0. The van der Waals surface area contributed by atoms with Crippen molar-refractivity contribution in [1.29, 1.82) is 0 Å². The number of rotatable bonds is 3. The Morgan fingerprint density at radius 2 is 1.82 bits per heavy atom. The van der Waals surface area contributed by atoms with Crippen LogP contribution in [0.4, 0.5) is 0 Å². The largest absolute Gasteiger partial charge is 0.687 e. The molecule has 0 rings (SSSR count). The molecule has 0 aromatic carbocycles. The second kappa shape index (κ2) is 4.78. The summed E-state index contributed by atoms with van der Waals surface area (Å²) in [7, 11) is -4.94. The number of hydrogen-bond donors (Lipinski definition) is 0. The minimum absolute atomic E-state index is 0.453. The van der Waals surface area contributed by atoms with Gasteiger partial charge in [0.2, 0.25) is 11.2 Å². The van der Waals surface area contributed by atoms with E-state index in [0.717, 1.165) is 0 Å². The van der Waals surface area contributed by atoms with E-state index in [1.54, 1.807) is 0 Å². The third kappa shape index (κ3) is 4.44. The highest BCUT2D eigenvalue weighted by Crippen LogP contribution is 2.39. The maximum Gasteiger partial charge on any atom is 0.687 e. The average molecular weight is 235 g/mol. The fourth-order valence-electron chi connectivity index (χ4n) is 0.190. The second-order valence-electron chi connectivity index (χ2n) is 1.28. The van der Waals surface area contributed by atoms with Gasteiger partial charge >= 0.3 is 20.5 Å². The first kappa shape index (κ1) is 11.0. The van der Waals surface area contributed by atoms with Crippen LogP contribution in [0.15, 0.2) is 11.9 Å². The van der Waals surface area contributed by atoms with Crippen molar-refractivity contribution in [3.8, 4) is 0 Å². The van der Waals surface area contributed by atoms with Crippen molar-refractivity contribution in [2.24, 2.45) is 0 Å². The molecule has 0 aromatic heterocycles. The van der Waals surface area contributed by atoms with E-state index in [-0.39, 0.29) is 0 Å². The van der Waals surface area contributed by atoms with E-state index in [1.807, 2.05) is 0 Å². The normalized spacial score (nSPS) is 11.8. The van der Waals surface area contributed by atoms with Gasteiger partial charge < -0.3 is 0 Å². The molecular formula is C3H2Cl2O4P2+2. The van der Waals surface area contributed by atoms with Crippen molar-refractivity contribution in [3.05, 3.63) is 11.9 Å². The Bertz CT molecular complexity index is 237. The molecule has 2 atom stereocenters. The lowest BCUT2D eigenvalue weighted by molar-refractivity contribution is -0.128. The van der Waals surface area contributed by atoms with Crippen molar-refractivity contribution in [1.82, 2.24) is 0 Å². The highest BCUT2D eigenvalue weighted by molar-refractivity contribution is 7.78. The molecule has 0 aliphatic heterocycles. The molecule has 0 aliphatic rings. The minimum Gasteiger partial charge on any atom is -0.236 e. The molecule has 0 aromatic rings. The third-order valence-electron chi connectivity index (χ3n) is 0.603. The van der Waals surface area contributed by atoms with Crippen LogP contribution in [0.1, 0.15) is 0 Å². The second-order valence-corrected chi connectivity index (χ2v) is 4.67. The number of hydrogen-bond acceptors (Lipinski definition) is 4. The Morgan fingerprint density at radius 1 is 1.36 bits per heavy atom. The van der Waals surface area contributed by atoms with Crippen LogP contribution in [-0.4, -0.2) is 5.97 Å². The Hall–Kier alpha value is -0.0100. The van der Waals surface area contributed by atoms with Crippen molar-refractivity contribution in [3.63, 3.8) is 0 Å². The lowest BCUT2D eigenvalue weighted by atomic mass is 10.7. The summed E-state index contributed by atoms with van der Waals surface area (Å²) < 4.78 is 24.4. The minimum atomic E-state index is -2.57. The first-order valence-electron chi connectivity index (χ1n) is 2.12. The monoisotopic (exact) mass is 234 g/mol. The zero-order valence-electron chi connectivity index (χ0n) is 4.99. The maximum absolute atomic E-state index is 10.5. The van der Waals surface area contributed by atoms with Crippen molar-refractivity contribution in [2.45, 2.75) is 0 Å². The summed E-state index contributed by atoms with van der Waals surface area (Å²) >= 11 is 9.79. The lowest BCUT2D eigenvalue weighted by Crippen LogP contribution is -1.96. The molecule has 8 heteroatoms. The number of carbonyl (C=O) groups excluding carboxylic acids is 1. The molecule has 0 aliphatic carbocycles. The summed E-state index contributed by atoms with van der Waals surface area (Å²) in [5, 5.41) is -0.453. The summed E-state index contributed by atoms with van der Waals surface area (Å²) in [6.45, 7) is 3.03. The van der Waals surface area contributed by atoms with Crippen molar-refractivity contribution < 1.29 is 18.4 Å². The van der Waals surface area contributed by atoms with Crippen molar-refractivity contribution >= 4 is 43.0 Å². The fourth-order valence-corrected chi connectivity index (χ4v) is 1.09. The van der Waals surface area contributed by atoms with Gasteiger partial charge in [-0.15, -0.1) is 0 Å². The number of carbonyl (C=O) groups is 1. The summed E-state index contributed by atoms with van der Waals surface area (Å²) in [4.78, 5) is 10.5. The van der Waals surface area contributed by atoms with Crippen LogP contribution in [-0.2, 0) is 18.4 Å². The van der Waals surface area contributed by atoms with E-state index in [2.05, 4.69) is 11.1 Å². The van der Waals surface area contributed by atoms with Gasteiger partial charge in [-0.1, -0.05) is 0 Å². The van der Waals surface area contributed by atoms with Gasteiger partial charge in [0.1, 0.15) is 0 Å². The SMILES string of the molecule is C=C(C(=O)O[P+](=O)Cl)[P+](=O)Cl. The number of halogens is 2. The van der Waals surface area contributed by atoms with Crippen LogP contribution >= 0.6 is 37.0 Å². The Kier molecular flexibility index (Phi) is 4.78. The van der Waals surface area contributed by atoms with E-state index in [0.29, 0.717) is 0 Å². The van der Waals surface area contributed by atoms with Crippen LogP contribution in [0.25, 0.3) is 0 Å². The molecule has 60 valence electrons. The third-order valence-corrected chi connectivity index (χ3v) is 2.34. The van der Waals surface area contributed by atoms with Gasteiger partial charge in [-0.2, -0.15) is 4.52 Å². The summed E-state index contributed by atoms with van der Waals surface area (Å²) in [5.74, 6) is -1.11. The van der Waals surface area contributed by atoms with Crippen LogP contribution in [0.5, 0.6) is 0 Å². The van der Waals surface area contributed by atoms with E-state index in [4.69, 9.17) is 22.5 Å². The van der Waals surface area contributed by atoms with Gasteiger partial charge in [-0.3, -0.25) is 0 Å². The quantitative estimate of drug-likeness (QED) is 0.557. The first-order valence-corrected chi connectivity index (χ1v) is 6.37. The maximum atomic E-state index is 10.5. The standard InChI is InChI=1S/C3H2Cl2O4P2/c1-2(10(4)7)3(6)9-11(5)8/h1H2/q+2. The predicted molar refractivity (Wildman–Crippen MR) is 42.2 cm³/mol. The van der Waals surface area contributed by atoms with E-state index in [9.17, 15) is 13.9 Å². The van der Waals surface area contributed by atoms with Crippen LogP contribution in [0.3, 0.4) is 0 Å². The molecule has 2 unspecified atom stereocenters. The Labute approximate surface area is 73.7 Å². The van der Waals surface area contributed by atoms with Gasteiger partial charge in [-0.25, -0.2) is 4.79 Å². The molecular weight excluding hydrogens is 233 g/mol. The molecule has 0 spiro atoms. The average Bonchev–Trinajstić information content (AvgIpc) is 1.84. The Morgan fingerprint density at radius 3 is 2.09 bits per heavy atom. The molecule has 0 fully saturated rings. The van der Waals surface area contributed by atoms with Gasteiger partial charge in [0.25, 0.3) is 16.6 Å². The van der Waals surface area contributed by atoms with E-state index < -0.39 is 25.8 Å². The molecule has 0 heterocycles. The summed E-state index contributed by atoms with van der Waals surface area (Å²) in [6.07, 6.45) is 0. The zero-order chi connectivity index (χ0) is 9.02. The highest BCUT2D eigenvalue weighted by Gasteiger charge is 2.34. The van der Waals surface area contributed by atoms with Crippen LogP contribution in [0, 0.1) is 0 Å². The molecule has 0 saturated carbocycles. The lowest BCUT2D eigenvalue weighted by Gasteiger charge is -1.78. The van der Waals surface area contributed by atoms with Crippen LogP contribution in [0.2, 0.25) is 0 Å². The Balaban J connectivity index is 4.16. The molecule has 11 heavy (non-hydrogen) atoms. The smallest absolute Gasteiger partial charge is 0.236 e. The summed E-state index contributed by atoms with van der Waals surface area (Å²) in [6, 6.07) is 0. The first-order chi connectivity index (χ1) is 4.95. The molecule has 4 nitrogen and oxygen atoms in total. The van der Waals surface area contributed by atoms with Gasteiger partial charge in [0.15, 0.2) is 0 Å². The van der Waals surface area contributed by atoms with Gasteiger partial charge in [0.05, 0.1) is 0 Å². The topological polar surface area (TPSA) is 60.4 Å². The van der Waals surface area contributed by atoms with Crippen LogP contribution < -0.4 is 0 Å². The fraction of sp³-hybridized carbons (Fsp3) is 0. The molecule has 0 amide bonds. The van der Waals surface area contributed by atoms with Gasteiger partial charge in [0, 0.05) is 4.57 Å². The van der Waals surface area contributed by atoms with Crippen molar-refractivity contribution in [2.75, 3.05) is 0 Å². The highest BCUT2D eigenvalue weighted by atomic mass is 35.7.